The summed E-state index contributed by atoms with van der Waals surface area (Å²) in [4.78, 5) is 0.388. The molecule has 0 aliphatic heterocycles. The molecule has 2 N–H and O–H groups in total. The van der Waals surface area contributed by atoms with Crippen LogP contribution in [0.25, 0.3) is 0 Å². The maximum Gasteiger partial charge on any atom is 0.119 e. The third kappa shape index (κ3) is 3.82. The fraction of sp³-hybridized carbons (Fsp3) is 0.375. The molecule has 0 aliphatic rings. The van der Waals surface area contributed by atoms with Gasteiger partial charge in [0.25, 0.3) is 0 Å². The van der Waals surface area contributed by atoms with Gasteiger partial charge in [0.1, 0.15) is 10.7 Å². The van der Waals surface area contributed by atoms with Gasteiger partial charge in [-0.2, -0.15) is 5.10 Å². The zero-order valence-corrected chi connectivity index (χ0v) is 13.5. The van der Waals surface area contributed by atoms with Crippen LogP contribution in [0.15, 0.2) is 24.3 Å². The van der Waals surface area contributed by atoms with E-state index in [2.05, 4.69) is 18.9 Å². The molecule has 112 valence electrons. The first-order chi connectivity index (χ1) is 9.99. The van der Waals surface area contributed by atoms with Crippen molar-refractivity contribution in [2.75, 3.05) is 6.61 Å². The highest BCUT2D eigenvalue weighted by atomic mass is 32.1. The average Bonchev–Trinajstić information content (AvgIpc) is 2.71. The number of aryl methyl sites for hydroxylation is 2. The van der Waals surface area contributed by atoms with Gasteiger partial charge in [-0.05, 0) is 38.5 Å². The lowest BCUT2D eigenvalue weighted by molar-refractivity contribution is 0.298. The van der Waals surface area contributed by atoms with Crippen molar-refractivity contribution in [3.8, 4) is 5.75 Å². The van der Waals surface area contributed by atoms with Gasteiger partial charge in [-0.1, -0.05) is 24.4 Å². The van der Waals surface area contributed by atoms with Gasteiger partial charge in [0.15, 0.2) is 0 Å². The molecule has 4 nitrogen and oxygen atoms in total. The largest absolute Gasteiger partial charge is 0.494 e. The van der Waals surface area contributed by atoms with Crippen LogP contribution in [0.2, 0.25) is 0 Å². The maximum atomic E-state index is 5.74. The van der Waals surface area contributed by atoms with E-state index >= 15 is 0 Å². The average molecular weight is 303 g/mol. The molecule has 2 rings (SSSR count). The molecule has 0 bridgehead atoms. The molecule has 1 aromatic heterocycles. The van der Waals surface area contributed by atoms with Crippen LogP contribution in [-0.4, -0.2) is 21.4 Å². The van der Waals surface area contributed by atoms with E-state index < -0.39 is 0 Å². The van der Waals surface area contributed by atoms with E-state index in [4.69, 9.17) is 22.7 Å². The van der Waals surface area contributed by atoms with Crippen molar-refractivity contribution in [3.05, 3.63) is 46.8 Å². The van der Waals surface area contributed by atoms with Crippen LogP contribution < -0.4 is 10.5 Å². The number of hydrogen-bond donors (Lipinski definition) is 1. The second-order valence-corrected chi connectivity index (χ2v) is 5.55. The number of rotatable bonds is 6. The first-order valence-corrected chi connectivity index (χ1v) is 7.43. The first kappa shape index (κ1) is 15.5. The van der Waals surface area contributed by atoms with E-state index in [-0.39, 0.29) is 0 Å². The third-order valence-electron chi connectivity index (χ3n) is 3.64. The topological polar surface area (TPSA) is 53.1 Å². The molecule has 0 fully saturated rings. The van der Waals surface area contributed by atoms with Crippen molar-refractivity contribution in [1.82, 2.24) is 9.78 Å². The van der Waals surface area contributed by atoms with Crippen LogP contribution in [0.4, 0.5) is 0 Å². The Labute approximate surface area is 130 Å². The van der Waals surface area contributed by atoms with Crippen molar-refractivity contribution in [1.29, 1.82) is 0 Å². The minimum Gasteiger partial charge on any atom is -0.494 e. The Morgan fingerprint density at radius 2 is 2.10 bits per heavy atom. The van der Waals surface area contributed by atoms with E-state index in [1.165, 1.54) is 11.3 Å². The van der Waals surface area contributed by atoms with E-state index in [1.54, 1.807) is 0 Å². The van der Waals surface area contributed by atoms with Gasteiger partial charge in [-0.15, -0.1) is 0 Å². The lowest BCUT2D eigenvalue weighted by atomic mass is 10.2. The fourth-order valence-corrected chi connectivity index (χ4v) is 2.27. The number of aromatic nitrogens is 2. The highest BCUT2D eigenvalue weighted by Gasteiger charge is 2.06. The van der Waals surface area contributed by atoms with Crippen LogP contribution >= 0.6 is 12.2 Å². The predicted molar refractivity (Wildman–Crippen MR) is 88.9 cm³/mol. The summed E-state index contributed by atoms with van der Waals surface area (Å²) >= 11 is 4.96. The Morgan fingerprint density at radius 3 is 2.71 bits per heavy atom. The summed E-state index contributed by atoms with van der Waals surface area (Å²) in [6, 6.07) is 7.56. The molecule has 5 heteroatoms. The summed E-state index contributed by atoms with van der Waals surface area (Å²) in [5, 5.41) is 4.52. The van der Waals surface area contributed by atoms with Crippen LogP contribution in [0.1, 0.15) is 28.9 Å². The summed E-state index contributed by atoms with van der Waals surface area (Å²) in [7, 11) is 0. The predicted octanol–water partition coefficient (Wildman–Crippen LogP) is 2.91. The molecular weight excluding hydrogens is 282 g/mol. The number of nitrogens with two attached hydrogens (primary N) is 1. The van der Waals surface area contributed by atoms with Crippen molar-refractivity contribution in [2.45, 2.75) is 33.7 Å². The smallest absolute Gasteiger partial charge is 0.119 e. The molecule has 0 atom stereocenters. The van der Waals surface area contributed by atoms with Crippen LogP contribution in [-0.2, 0) is 6.54 Å². The second kappa shape index (κ2) is 6.72. The lowest BCUT2D eigenvalue weighted by Crippen LogP contribution is -2.10. The first-order valence-electron chi connectivity index (χ1n) is 7.02. The molecule has 1 heterocycles. The minimum absolute atomic E-state index is 0.388. The van der Waals surface area contributed by atoms with Gasteiger partial charge in [-0.3, -0.25) is 4.68 Å². The summed E-state index contributed by atoms with van der Waals surface area (Å²) in [6.07, 6.45) is 0.901. The third-order valence-corrected chi connectivity index (χ3v) is 3.88. The Morgan fingerprint density at radius 1 is 1.33 bits per heavy atom. The molecule has 0 radical (unpaired) electrons. The summed E-state index contributed by atoms with van der Waals surface area (Å²) < 4.78 is 7.78. The van der Waals surface area contributed by atoms with E-state index in [1.807, 2.05) is 35.9 Å². The van der Waals surface area contributed by atoms with Gasteiger partial charge in [0, 0.05) is 24.2 Å². The maximum absolute atomic E-state index is 5.74. The van der Waals surface area contributed by atoms with Crippen molar-refractivity contribution in [2.24, 2.45) is 5.73 Å². The Kier molecular flexibility index (Phi) is 4.96. The van der Waals surface area contributed by atoms with Crippen LogP contribution in [0.3, 0.4) is 0 Å². The van der Waals surface area contributed by atoms with Gasteiger partial charge in [0.2, 0.25) is 0 Å². The van der Waals surface area contributed by atoms with Crippen molar-refractivity contribution < 1.29 is 4.74 Å². The minimum atomic E-state index is 0.388. The second-order valence-electron chi connectivity index (χ2n) is 5.11. The number of benzene rings is 1. The number of ether oxygens (including phenoxy) is 1. The van der Waals surface area contributed by atoms with Gasteiger partial charge >= 0.3 is 0 Å². The molecule has 0 saturated carbocycles. The number of nitrogens with zero attached hydrogens (tertiary/aromatic N) is 2. The Hall–Kier alpha value is -1.88. The fourth-order valence-electron chi connectivity index (χ4n) is 2.15. The quantitative estimate of drug-likeness (QED) is 0.658. The molecule has 1 aromatic carbocycles. The molecular formula is C16H21N3OS. The monoisotopic (exact) mass is 303 g/mol. The molecule has 2 aromatic rings. The van der Waals surface area contributed by atoms with Gasteiger partial charge < -0.3 is 10.5 Å². The summed E-state index contributed by atoms with van der Waals surface area (Å²) in [5.74, 6) is 0.796. The van der Waals surface area contributed by atoms with Crippen LogP contribution in [0.5, 0.6) is 5.75 Å². The molecule has 21 heavy (non-hydrogen) atoms. The van der Waals surface area contributed by atoms with Gasteiger partial charge in [0.05, 0.1) is 12.3 Å². The molecule has 0 unspecified atom stereocenters. The highest BCUT2D eigenvalue weighted by Crippen LogP contribution is 2.14. The number of thiocarbonyl (C=S) groups is 1. The Balaban J connectivity index is 1.86. The van der Waals surface area contributed by atoms with Crippen molar-refractivity contribution >= 4 is 17.2 Å². The summed E-state index contributed by atoms with van der Waals surface area (Å²) in [6.45, 7) is 7.73. The molecule has 0 saturated heterocycles. The molecule has 0 amide bonds. The summed E-state index contributed by atoms with van der Waals surface area (Å²) in [5.41, 5.74) is 10.0. The highest BCUT2D eigenvalue weighted by molar-refractivity contribution is 7.80. The van der Waals surface area contributed by atoms with E-state index in [9.17, 15) is 0 Å². The van der Waals surface area contributed by atoms with E-state index in [0.717, 1.165) is 30.0 Å². The normalized spacial score (nSPS) is 10.6. The zero-order chi connectivity index (χ0) is 15.4. The molecule has 0 spiro atoms. The lowest BCUT2D eigenvalue weighted by Gasteiger charge is -2.08. The number of hydrogen-bond acceptors (Lipinski definition) is 3. The standard InChI is InChI=1S/C16H21N3OS/c1-11-12(2)18-19(13(11)3)8-5-9-20-15-7-4-6-14(10-15)16(17)21/h4,6-7,10H,5,8-9H2,1-3H3,(H2,17,21). The van der Waals surface area contributed by atoms with Gasteiger partial charge in [-0.25, -0.2) is 0 Å². The zero-order valence-electron chi connectivity index (χ0n) is 12.7. The Bertz CT molecular complexity index is 649. The SMILES string of the molecule is Cc1nn(CCCOc2cccc(C(N)=S)c2)c(C)c1C. The van der Waals surface area contributed by atoms with Crippen LogP contribution in [0, 0.1) is 20.8 Å². The molecule has 0 aliphatic carbocycles. The van der Waals surface area contributed by atoms with Crippen molar-refractivity contribution in [3.63, 3.8) is 0 Å². The van der Waals surface area contributed by atoms with E-state index in [0.29, 0.717) is 11.6 Å².